The van der Waals surface area contributed by atoms with Crippen LogP contribution in [0.25, 0.3) is 17.1 Å². The van der Waals surface area contributed by atoms with Crippen LogP contribution in [0.15, 0.2) is 54.9 Å². The quantitative estimate of drug-likeness (QED) is 0.727. The van der Waals surface area contributed by atoms with Gasteiger partial charge in [0.05, 0.1) is 17.1 Å². The molecule has 0 N–H and O–H groups in total. The van der Waals surface area contributed by atoms with Gasteiger partial charge in [-0.25, -0.2) is 4.98 Å². The van der Waals surface area contributed by atoms with E-state index in [0.717, 1.165) is 17.1 Å². The number of aryl methyl sites for hydroxylation is 1. The number of anilines is 2. The van der Waals surface area contributed by atoms with Gasteiger partial charge in [-0.2, -0.15) is 0 Å². The van der Waals surface area contributed by atoms with Crippen molar-refractivity contribution in [2.24, 2.45) is 0 Å². The molecule has 4 heteroatoms. The Morgan fingerprint density at radius 2 is 1.46 bits per heavy atom. The molecule has 2 aromatic carbocycles. The van der Waals surface area contributed by atoms with Gasteiger partial charge in [0.2, 0.25) is 0 Å². The van der Waals surface area contributed by atoms with Crippen LogP contribution >= 0.6 is 0 Å². The largest absolute Gasteiger partial charge is 0.376 e. The van der Waals surface area contributed by atoms with Crippen molar-refractivity contribution in [3.05, 3.63) is 60.4 Å². The van der Waals surface area contributed by atoms with Crippen LogP contribution < -0.4 is 9.80 Å². The van der Waals surface area contributed by atoms with Gasteiger partial charge in [0, 0.05) is 46.1 Å². The Bertz CT molecular complexity index is 803. The lowest BCUT2D eigenvalue weighted by Crippen LogP contribution is -2.18. The smallest absolute Gasteiger partial charge is 0.144 e. The summed E-state index contributed by atoms with van der Waals surface area (Å²) < 4.78 is 2.18. The molecule has 0 atom stereocenters. The van der Waals surface area contributed by atoms with E-state index in [4.69, 9.17) is 0 Å². The van der Waals surface area contributed by atoms with Crippen LogP contribution in [0.4, 0.5) is 11.4 Å². The molecule has 0 aliphatic carbocycles. The van der Waals surface area contributed by atoms with Gasteiger partial charge in [-0.05, 0) is 24.6 Å². The molecule has 0 saturated heterocycles. The zero-order chi connectivity index (χ0) is 17.3. The summed E-state index contributed by atoms with van der Waals surface area (Å²) in [5.74, 6) is 0.950. The molecule has 0 bridgehead atoms. The average Bonchev–Trinajstić information content (AvgIpc) is 3.04. The van der Waals surface area contributed by atoms with E-state index in [9.17, 15) is 0 Å². The Balaban J connectivity index is 2.29. The fraction of sp³-hybridized carbons (Fsp3) is 0.250. The molecule has 0 spiro atoms. The maximum Gasteiger partial charge on any atom is 0.144 e. The van der Waals surface area contributed by atoms with E-state index in [-0.39, 0.29) is 0 Å². The predicted octanol–water partition coefficient (Wildman–Crippen LogP) is 3.98. The molecule has 24 heavy (non-hydrogen) atoms. The van der Waals surface area contributed by atoms with Crippen molar-refractivity contribution in [1.82, 2.24) is 9.55 Å². The molecule has 124 valence electrons. The van der Waals surface area contributed by atoms with E-state index in [1.165, 1.54) is 16.9 Å². The molecule has 0 amide bonds. The zero-order valence-electron chi connectivity index (χ0n) is 15.0. The summed E-state index contributed by atoms with van der Waals surface area (Å²) in [6.07, 6.45) is 3.90. The van der Waals surface area contributed by atoms with Crippen LogP contribution in [0.5, 0.6) is 0 Å². The van der Waals surface area contributed by atoms with E-state index in [2.05, 4.69) is 78.7 Å². The summed E-state index contributed by atoms with van der Waals surface area (Å²) >= 11 is 0. The summed E-state index contributed by atoms with van der Waals surface area (Å²) in [6, 6.07) is 14.7. The first kappa shape index (κ1) is 16.1. The van der Waals surface area contributed by atoms with Crippen LogP contribution in [0, 0.1) is 6.92 Å². The van der Waals surface area contributed by atoms with Gasteiger partial charge >= 0.3 is 0 Å². The van der Waals surface area contributed by atoms with Crippen LogP contribution in [0.3, 0.4) is 0 Å². The number of benzene rings is 2. The Morgan fingerprint density at radius 1 is 0.875 bits per heavy atom. The summed E-state index contributed by atoms with van der Waals surface area (Å²) in [5, 5.41) is 0. The van der Waals surface area contributed by atoms with E-state index in [1.54, 1.807) is 0 Å². The summed E-state index contributed by atoms with van der Waals surface area (Å²) in [6.45, 7) is 2.13. The van der Waals surface area contributed by atoms with Crippen molar-refractivity contribution in [1.29, 1.82) is 0 Å². The van der Waals surface area contributed by atoms with Gasteiger partial charge in [0.1, 0.15) is 5.82 Å². The molecule has 0 aliphatic heterocycles. The monoisotopic (exact) mass is 320 g/mol. The number of imidazole rings is 1. The maximum absolute atomic E-state index is 4.61. The summed E-state index contributed by atoms with van der Waals surface area (Å²) in [5.41, 5.74) is 5.85. The van der Waals surface area contributed by atoms with Crippen LogP contribution in [-0.2, 0) is 0 Å². The molecule has 0 fully saturated rings. The summed E-state index contributed by atoms with van der Waals surface area (Å²) in [4.78, 5) is 8.93. The topological polar surface area (TPSA) is 24.3 Å². The van der Waals surface area contributed by atoms with Gasteiger partial charge in [-0.3, -0.25) is 4.57 Å². The van der Waals surface area contributed by atoms with Crippen molar-refractivity contribution >= 4 is 11.4 Å². The molecular formula is C20H24N4. The van der Waals surface area contributed by atoms with Gasteiger partial charge in [-0.15, -0.1) is 0 Å². The standard InChI is InChI=1S/C20H24N4/c1-15-13-17(22(2)3)19(18(14-15)23(4)5)24-12-11-21-20(24)16-9-7-6-8-10-16/h6-14H,1-5H3. The highest BCUT2D eigenvalue weighted by Gasteiger charge is 2.18. The number of hydrogen-bond donors (Lipinski definition) is 0. The minimum absolute atomic E-state index is 0.950. The lowest BCUT2D eigenvalue weighted by Gasteiger charge is -2.26. The predicted molar refractivity (Wildman–Crippen MR) is 102 cm³/mol. The Labute approximate surface area is 144 Å². The molecule has 4 nitrogen and oxygen atoms in total. The number of nitrogens with zero attached hydrogens (tertiary/aromatic N) is 4. The molecule has 0 aliphatic rings. The third kappa shape index (κ3) is 2.87. The van der Waals surface area contributed by atoms with Gasteiger partial charge in [-0.1, -0.05) is 30.3 Å². The van der Waals surface area contributed by atoms with Gasteiger partial charge in [0.15, 0.2) is 0 Å². The van der Waals surface area contributed by atoms with Crippen molar-refractivity contribution in [3.8, 4) is 17.1 Å². The van der Waals surface area contributed by atoms with Crippen molar-refractivity contribution < 1.29 is 0 Å². The van der Waals surface area contributed by atoms with Crippen LogP contribution in [0.1, 0.15) is 5.56 Å². The Hall–Kier alpha value is -2.75. The second-order valence-corrected chi connectivity index (χ2v) is 6.43. The molecule has 3 aromatic rings. The second-order valence-electron chi connectivity index (χ2n) is 6.43. The highest BCUT2D eigenvalue weighted by Crippen LogP contribution is 2.36. The normalized spacial score (nSPS) is 10.7. The van der Waals surface area contributed by atoms with Crippen molar-refractivity contribution in [2.45, 2.75) is 6.92 Å². The fourth-order valence-corrected chi connectivity index (χ4v) is 2.95. The minimum Gasteiger partial charge on any atom is -0.376 e. The van der Waals surface area contributed by atoms with E-state index < -0.39 is 0 Å². The average molecular weight is 320 g/mol. The highest BCUT2D eigenvalue weighted by atomic mass is 15.2. The molecule has 0 saturated carbocycles. The lowest BCUT2D eigenvalue weighted by atomic mass is 10.1. The van der Waals surface area contributed by atoms with Crippen molar-refractivity contribution in [3.63, 3.8) is 0 Å². The van der Waals surface area contributed by atoms with Crippen LogP contribution in [-0.4, -0.2) is 37.7 Å². The molecule has 0 radical (unpaired) electrons. The molecule has 3 rings (SSSR count). The number of rotatable bonds is 4. The first-order valence-electron chi connectivity index (χ1n) is 8.07. The highest BCUT2D eigenvalue weighted by molar-refractivity contribution is 5.79. The van der Waals surface area contributed by atoms with E-state index in [0.29, 0.717) is 0 Å². The van der Waals surface area contributed by atoms with E-state index in [1.807, 2.05) is 30.6 Å². The lowest BCUT2D eigenvalue weighted by molar-refractivity contribution is 1.00. The Kier molecular flexibility index (Phi) is 4.30. The SMILES string of the molecule is Cc1cc(N(C)C)c(-n2ccnc2-c2ccccc2)c(N(C)C)c1. The Morgan fingerprint density at radius 3 is 2.00 bits per heavy atom. The molecule has 1 heterocycles. The van der Waals surface area contributed by atoms with Crippen LogP contribution in [0.2, 0.25) is 0 Å². The minimum atomic E-state index is 0.950. The van der Waals surface area contributed by atoms with Crippen molar-refractivity contribution in [2.75, 3.05) is 38.0 Å². The third-order valence-corrected chi connectivity index (χ3v) is 4.09. The van der Waals surface area contributed by atoms with E-state index >= 15 is 0 Å². The number of aromatic nitrogens is 2. The molecular weight excluding hydrogens is 296 g/mol. The number of hydrogen-bond acceptors (Lipinski definition) is 3. The first-order valence-corrected chi connectivity index (χ1v) is 8.07. The summed E-state index contributed by atoms with van der Waals surface area (Å²) in [7, 11) is 8.32. The van der Waals surface area contributed by atoms with Gasteiger partial charge < -0.3 is 9.80 Å². The second kappa shape index (κ2) is 6.40. The molecule has 1 aromatic heterocycles. The molecule has 0 unspecified atom stereocenters. The first-order chi connectivity index (χ1) is 11.5. The zero-order valence-corrected chi connectivity index (χ0v) is 15.0. The third-order valence-electron chi connectivity index (χ3n) is 4.09. The maximum atomic E-state index is 4.61. The fourth-order valence-electron chi connectivity index (χ4n) is 2.95. The van der Waals surface area contributed by atoms with Gasteiger partial charge in [0.25, 0.3) is 0 Å².